The molecule has 1 amide bonds. The lowest BCUT2D eigenvalue weighted by molar-refractivity contribution is 0.0930. The zero-order valence-corrected chi connectivity index (χ0v) is 9.20. The summed E-state index contributed by atoms with van der Waals surface area (Å²) in [5, 5.41) is 6.28. The highest BCUT2D eigenvalue weighted by Gasteiger charge is 2.15. The van der Waals surface area contributed by atoms with Crippen LogP contribution in [0.3, 0.4) is 0 Å². The van der Waals surface area contributed by atoms with Gasteiger partial charge in [-0.2, -0.15) is 0 Å². The van der Waals surface area contributed by atoms with E-state index in [0.29, 0.717) is 11.3 Å². The third-order valence-corrected chi connectivity index (χ3v) is 2.80. The van der Waals surface area contributed by atoms with Gasteiger partial charge in [0.25, 0.3) is 5.91 Å². The van der Waals surface area contributed by atoms with Gasteiger partial charge in [-0.1, -0.05) is 0 Å². The van der Waals surface area contributed by atoms with Crippen LogP contribution in [0.2, 0.25) is 0 Å². The van der Waals surface area contributed by atoms with Gasteiger partial charge in [-0.15, -0.1) is 0 Å². The second-order valence-corrected chi connectivity index (χ2v) is 4.14. The number of piperidine rings is 1. The van der Waals surface area contributed by atoms with Crippen LogP contribution in [0.4, 0.5) is 5.69 Å². The van der Waals surface area contributed by atoms with E-state index in [2.05, 4.69) is 10.6 Å². The van der Waals surface area contributed by atoms with Crippen molar-refractivity contribution in [1.29, 1.82) is 0 Å². The Morgan fingerprint density at radius 2 is 2.12 bits per heavy atom. The minimum Gasteiger partial charge on any atom is -0.399 e. The van der Waals surface area contributed by atoms with Gasteiger partial charge in [-0.25, -0.2) is 0 Å². The Hall–Kier alpha value is -1.55. The van der Waals surface area contributed by atoms with Crippen molar-refractivity contribution in [3.05, 3.63) is 29.8 Å². The van der Waals surface area contributed by atoms with Crippen LogP contribution in [0, 0.1) is 0 Å². The first-order valence-electron chi connectivity index (χ1n) is 5.63. The molecule has 1 atom stereocenters. The molecule has 16 heavy (non-hydrogen) atoms. The van der Waals surface area contributed by atoms with E-state index in [-0.39, 0.29) is 11.9 Å². The van der Waals surface area contributed by atoms with E-state index in [4.69, 9.17) is 5.73 Å². The number of nitrogens with two attached hydrogens (primary N) is 1. The third-order valence-electron chi connectivity index (χ3n) is 2.80. The van der Waals surface area contributed by atoms with Gasteiger partial charge in [-0.3, -0.25) is 4.79 Å². The minimum atomic E-state index is -0.0197. The van der Waals surface area contributed by atoms with Crippen LogP contribution in [0.5, 0.6) is 0 Å². The quantitative estimate of drug-likeness (QED) is 0.643. The van der Waals surface area contributed by atoms with Crippen molar-refractivity contribution in [3.63, 3.8) is 0 Å². The van der Waals surface area contributed by atoms with Crippen LogP contribution >= 0.6 is 0 Å². The molecule has 2 rings (SSSR count). The normalized spacial score (nSPS) is 20.4. The molecular formula is C12H17N3O. The average Bonchev–Trinajstić information content (AvgIpc) is 2.31. The van der Waals surface area contributed by atoms with Crippen LogP contribution in [-0.4, -0.2) is 25.0 Å². The Morgan fingerprint density at radius 3 is 2.75 bits per heavy atom. The molecule has 86 valence electrons. The third kappa shape index (κ3) is 2.73. The molecule has 4 heteroatoms. The topological polar surface area (TPSA) is 67.2 Å². The van der Waals surface area contributed by atoms with E-state index < -0.39 is 0 Å². The van der Waals surface area contributed by atoms with E-state index >= 15 is 0 Å². The molecule has 1 aromatic rings. The van der Waals surface area contributed by atoms with E-state index in [1.54, 1.807) is 24.3 Å². The Labute approximate surface area is 95.2 Å². The van der Waals surface area contributed by atoms with Gasteiger partial charge in [0.1, 0.15) is 0 Å². The molecule has 1 heterocycles. The molecule has 4 nitrogen and oxygen atoms in total. The number of nitrogen functional groups attached to an aromatic ring is 1. The first kappa shape index (κ1) is 11.0. The molecule has 0 unspecified atom stereocenters. The maximum atomic E-state index is 11.8. The standard InChI is InChI=1S/C12H17N3O/c13-10-5-3-9(4-6-10)12(16)15-11-2-1-7-14-8-11/h3-6,11,14H,1-2,7-8,13H2,(H,15,16)/t11-/m0/s1. The molecule has 0 saturated carbocycles. The Balaban J connectivity index is 1.94. The summed E-state index contributed by atoms with van der Waals surface area (Å²) >= 11 is 0. The number of benzene rings is 1. The summed E-state index contributed by atoms with van der Waals surface area (Å²) in [6.45, 7) is 1.91. The largest absolute Gasteiger partial charge is 0.399 e. The minimum absolute atomic E-state index is 0.0197. The van der Waals surface area contributed by atoms with Crippen molar-refractivity contribution >= 4 is 11.6 Å². The van der Waals surface area contributed by atoms with E-state index in [9.17, 15) is 4.79 Å². The number of nitrogens with one attached hydrogen (secondary N) is 2. The fraction of sp³-hybridized carbons (Fsp3) is 0.417. The molecule has 0 spiro atoms. The van der Waals surface area contributed by atoms with Crippen LogP contribution in [0.25, 0.3) is 0 Å². The number of rotatable bonds is 2. The molecule has 1 aliphatic rings. The van der Waals surface area contributed by atoms with Crippen LogP contribution in [-0.2, 0) is 0 Å². The van der Waals surface area contributed by atoms with Crippen LogP contribution < -0.4 is 16.4 Å². The SMILES string of the molecule is Nc1ccc(C(=O)N[C@H]2CCCNC2)cc1. The summed E-state index contributed by atoms with van der Waals surface area (Å²) in [7, 11) is 0. The first-order chi connectivity index (χ1) is 7.75. The molecule has 0 radical (unpaired) electrons. The van der Waals surface area contributed by atoms with E-state index in [1.807, 2.05) is 0 Å². The fourth-order valence-electron chi connectivity index (χ4n) is 1.88. The zero-order chi connectivity index (χ0) is 11.4. The summed E-state index contributed by atoms with van der Waals surface area (Å²) in [6.07, 6.45) is 2.17. The van der Waals surface area contributed by atoms with Crippen LogP contribution in [0.15, 0.2) is 24.3 Å². The number of anilines is 1. The van der Waals surface area contributed by atoms with Crippen molar-refractivity contribution in [2.24, 2.45) is 0 Å². The lowest BCUT2D eigenvalue weighted by Gasteiger charge is -2.23. The van der Waals surface area contributed by atoms with Crippen molar-refractivity contribution in [1.82, 2.24) is 10.6 Å². The molecule has 1 aliphatic heterocycles. The lowest BCUT2D eigenvalue weighted by Crippen LogP contribution is -2.45. The van der Waals surface area contributed by atoms with Crippen molar-refractivity contribution in [2.45, 2.75) is 18.9 Å². The van der Waals surface area contributed by atoms with E-state index in [0.717, 1.165) is 25.9 Å². The Kier molecular flexibility index (Phi) is 3.41. The maximum Gasteiger partial charge on any atom is 0.251 e. The Morgan fingerprint density at radius 1 is 1.38 bits per heavy atom. The Bertz CT molecular complexity index is 355. The second-order valence-electron chi connectivity index (χ2n) is 4.14. The molecular weight excluding hydrogens is 202 g/mol. The summed E-state index contributed by atoms with van der Waals surface area (Å²) < 4.78 is 0. The summed E-state index contributed by atoms with van der Waals surface area (Å²) in [5.41, 5.74) is 6.91. The number of hydrogen-bond donors (Lipinski definition) is 3. The maximum absolute atomic E-state index is 11.8. The molecule has 0 aromatic heterocycles. The van der Waals surface area contributed by atoms with Crippen LogP contribution in [0.1, 0.15) is 23.2 Å². The number of amides is 1. The summed E-state index contributed by atoms with van der Waals surface area (Å²) in [5.74, 6) is -0.0197. The monoisotopic (exact) mass is 219 g/mol. The first-order valence-corrected chi connectivity index (χ1v) is 5.63. The molecule has 1 saturated heterocycles. The van der Waals surface area contributed by atoms with Crippen molar-refractivity contribution in [3.8, 4) is 0 Å². The highest BCUT2D eigenvalue weighted by atomic mass is 16.1. The average molecular weight is 219 g/mol. The number of carbonyl (C=O) groups excluding carboxylic acids is 1. The summed E-state index contributed by atoms with van der Waals surface area (Å²) in [4.78, 5) is 11.8. The van der Waals surface area contributed by atoms with Gasteiger partial charge in [0.15, 0.2) is 0 Å². The molecule has 0 aliphatic carbocycles. The van der Waals surface area contributed by atoms with Gasteiger partial charge in [0.2, 0.25) is 0 Å². The highest BCUT2D eigenvalue weighted by molar-refractivity contribution is 5.94. The fourth-order valence-corrected chi connectivity index (χ4v) is 1.88. The molecule has 4 N–H and O–H groups in total. The van der Waals surface area contributed by atoms with Gasteiger partial charge in [0.05, 0.1) is 0 Å². The molecule has 0 bridgehead atoms. The second kappa shape index (κ2) is 4.99. The number of hydrogen-bond acceptors (Lipinski definition) is 3. The molecule has 1 aromatic carbocycles. The zero-order valence-electron chi connectivity index (χ0n) is 9.20. The van der Waals surface area contributed by atoms with E-state index in [1.165, 1.54) is 0 Å². The summed E-state index contributed by atoms with van der Waals surface area (Å²) in [6, 6.07) is 7.24. The van der Waals surface area contributed by atoms with Gasteiger partial charge < -0.3 is 16.4 Å². The van der Waals surface area contributed by atoms with Gasteiger partial charge in [0, 0.05) is 23.8 Å². The van der Waals surface area contributed by atoms with Crippen molar-refractivity contribution < 1.29 is 4.79 Å². The number of carbonyl (C=O) groups is 1. The van der Waals surface area contributed by atoms with Gasteiger partial charge >= 0.3 is 0 Å². The predicted octanol–water partition coefficient (Wildman–Crippen LogP) is 0.751. The van der Waals surface area contributed by atoms with Crippen molar-refractivity contribution in [2.75, 3.05) is 18.8 Å². The molecule has 1 fully saturated rings. The lowest BCUT2D eigenvalue weighted by atomic mass is 10.1. The smallest absolute Gasteiger partial charge is 0.251 e. The van der Waals surface area contributed by atoms with Gasteiger partial charge in [-0.05, 0) is 43.7 Å². The highest BCUT2D eigenvalue weighted by Crippen LogP contribution is 2.07. The predicted molar refractivity (Wildman–Crippen MR) is 64.2 cm³/mol.